The summed E-state index contributed by atoms with van der Waals surface area (Å²) in [6.07, 6.45) is 8.56. The third kappa shape index (κ3) is 5.66. The molecule has 1 aliphatic rings. The second-order valence-corrected chi connectivity index (χ2v) is 10.2. The van der Waals surface area contributed by atoms with Crippen molar-refractivity contribution in [3.05, 3.63) is 121 Å². The van der Waals surface area contributed by atoms with Crippen molar-refractivity contribution in [3.63, 3.8) is 0 Å². The molecule has 0 bridgehead atoms. The van der Waals surface area contributed by atoms with Crippen molar-refractivity contribution in [1.82, 2.24) is 4.58 Å². The quantitative estimate of drug-likeness (QED) is 0.170. The Morgan fingerprint density at radius 2 is 0.825 bits per heavy atom. The maximum atomic E-state index is 6.02. The molecule has 0 aromatic heterocycles. The normalized spacial score (nSPS) is 12.4. The van der Waals surface area contributed by atoms with E-state index >= 15 is 0 Å². The number of hydrogen-bond acceptors (Lipinski definition) is 4. The molecule has 0 amide bonds. The van der Waals surface area contributed by atoms with Crippen LogP contribution in [0.4, 0.5) is 45.5 Å². The van der Waals surface area contributed by atoms with Gasteiger partial charge in [0.25, 0.3) is 0 Å². The summed E-state index contributed by atoms with van der Waals surface area (Å²) in [4.78, 5) is 4.34. The lowest BCUT2D eigenvalue weighted by atomic mass is 10.1. The van der Waals surface area contributed by atoms with Gasteiger partial charge in [-0.05, 0) is 72.8 Å². The van der Waals surface area contributed by atoms with Crippen LogP contribution in [0.15, 0.2) is 121 Å². The lowest BCUT2D eigenvalue weighted by molar-refractivity contribution is -0.462. The fraction of sp³-hybridized carbons (Fsp3) is 0.118. The van der Waals surface area contributed by atoms with E-state index in [1.165, 1.54) is 0 Å². The minimum absolute atomic E-state index is 0.737. The van der Waals surface area contributed by atoms with Gasteiger partial charge in [0.1, 0.15) is 14.1 Å². The van der Waals surface area contributed by atoms with Gasteiger partial charge in [0.2, 0.25) is 17.1 Å². The number of benzene rings is 4. The Labute approximate surface area is 236 Å². The number of nitrogen functional groups attached to an aromatic ring is 2. The predicted molar refractivity (Wildman–Crippen MR) is 173 cm³/mol. The minimum atomic E-state index is 0.737. The van der Waals surface area contributed by atoms with Gasteiger partial charge in [-0.2, -0.15) is 4.58 Å². The summed E-state index contributed by atoms with van der Waals surface area (Å²) >= 11 is 0. The molecule has 0 aliphatic heterocycles. The fourth-order valence-corrected chi connectivity index (χ4v) is 4.69. The number of allylic oxidation sites excluding steroid dienone is 4. The fourth-order valence-electron chi connectivity index (χ4n) is 4.69. The van der Waals surface area contributed by atoms with Crippen LogP contribution in [0.5, 0.6) is 0 Å². The molecular weight excluding hydrogens is 492 g/mol. The largest absolute Gasteiger partial charge is 0.399 e. The van der Waals surface area contributed by atoms with E-state index < -0.39 is 0 Å². The zero-order chi connectivity index (χ0) is 28.2. The summed E-state index contributed by atoms with van der Waals surface area (Å²) in [6, 6.07) is 33.1. The monoisotopic (exact) mass is 528 g/mol. The first kappa shape index (κ1) is 26.5. The SMILES string of the molecule is CN(C)c1ccc(N(c2ccc(N)cc2)c2ccc([N+](=C3C=CC(=[N+](C)C)C=C3)c3ccc(N)cc3)cc2)cc1. The maximum absolute atomic E-state index is 6.02. The second-order valence-electron chi connectivity index (χ2n) is 10.2. The molecule has 200 valence electrons. The first-order valence-corrected chi connectivity index (χ1v) is 13.3. The molecule has 1 aliphatic carbocycles. The first-order chi connectivity index (χ1) is 19.3. The molecule has 4 aromatic carbocycles. The van der Waals surface area contributed by atoms with Crippen molar-refractivity contribution in [1.29, 1.82) is 0 Å². The van der Waals surface area contributed by atoms with Crippen LogP contribution in [-0.2, 0) is 0 Å². The molecule has 6 nitrogen and oxygen atoms in total. The van der Waals surface area contributed by atoms with E-state index in [4.69, 9.17) is 11.5 Å². The number of nitrogens with two attached hydrogens (primary N) is 2. The highest BCUT2D eigenvalue weighted by atomic mass is 15.1. The lowest BCUT2D eigenvalue weighted by Gasteiger charge is -2.26. The van der Waals surface area contributed by atoms with E-state index in [2.05, 4.69) is 116 Å². The number of hydrogen-bond donors (Lipinski definition) is 2. The van der Waals surface area contributed by atoms with Crippen molar-refractivity contribution in [2.75, 3.05) is 49.5 Å². The molecule has 0 unspecified atom stereocenters. The van der Waals surface area contributed by atoms with Crippen LogP contribution in [0.2, 0.25) is 0 Å². The second kappa shape index (κ2) is 11.3. The molecule has 0 atom stereocenters. The Balaban J connectivity index is 1.59. The summed E-state index contributed by atoms with van der Waals surface area (Å²) in [6.45, 7) is 0. The Bertz CT molecular complexity index is 1580. The van der Waals surface area contributed by atoms with Gasteiger partial charge in [-0.1, -0.05) is 0 Å². The molecular formula is C34H36N6+2. The van der Waals surface area contributed by atoms with Crippen LogP contribution in [0, 0.1) is 0 Å². The van der Waals surface area contributed by atoms with E-state index in [0.29, 0.717) is 0 Å². The van der Waals surface area contributed by atoms with Crippen LogP contribution in [0.25, 0.3) is 0 Å². The van der Waals surface area contributed by atoms with Crippen LogP contribution < -0.4 is 25.8 Å². The van der Waals surface area contributed by atoms with Gasteiger partial charge in [0.15, 0.2) is 5.71 Å². The van der Waals surface area contributed by atoms with Crippen LogP contribution in [0.1, 0.15) is 0 Å². The van der Waals surface area contributed by atoms with Crippen molar-refractivity contribution >= 4 is 56.9 Å². The van der Waals surface area contributed by atoms with E-state index in [0.717, 1.165) is 56.9 Å². The lowest BCUT2D eigenvalue weighted by Crippen LogP contribution is -2.18. The van der Waals surface area contributed by atoms with E-state index in [1.54, 1.807) is 0 Å². The average molecular weight is 529 g/mol. The van der Waals surface area contributed by atoms with Gasteiger partial charge in [-0.25, -0.2) is 4.58 Å². The summed E-state index contributed by atoms with van der Waals surface area (Å²) < 4.78 is 4.34. The van der Waals surface area contributed by atoms with Gasteiger partial charge >= 0.3 is 0 Å². The number of nitrogens with zero attached hydrogens (tertiary/aromatic N) is 4. The first-order valence-electron chi connectivity index (χ1n) is 13.3. The molecule has 0 fully saturated rings. The highest BCUT2D eigenvalue weighted by Gasteiger charge is 2.21. The molecule has 0 saturated heterocycles. The molecule has 5 rings (SSSR count). The summed E-state index contributed by atoms with van der Waals surface area (Å²) in [5, 5.41) is 0. The van der Waals surface area contributed by atoms with Crippen molar-refractivity contribution in [2.24, 2.45) is 0 Å². The van der Waals surface area contributed by atoms with Gasteiger partial charge in [0, 0.05) is 96.8 Å². The molecule has 0 saturated carbocycles. The molecule has 0 radical (unpaired) electrons. The minimum Gasteiger partial charge on any atom is -0.399 e. The molecule has 40 heavy (non-hydrogen) atoms. The van der Waals surface area contributed by atoms with Gasteiger partial charge < -0.3 is 21.3 Å². The van der Waals surface area contributed by atoms with E-state index in [-0.39, 0.29) is 0 Å². The average Bonchev–Trinajstić information content (AvgIpc) is 2.97. The summed E-state index contributed by atoms with van der Waals surface area (Å²) in [5.74, 6) is 0. The van der Waals surface area contributed by atoms with Crippen molar-refractivity contribution in [2.45, 2.75) is 0 Å². The summed E-state index contributed by atoms with van der Waals surface area (Å²) in [7, 11) is 8.19. The molecule has 4 aromatic rings. The Hall–Kier alpha value is -5.10. The predicted octanol–water partition coefficient (Wildman–Crippen LogP) is 6.50. The maximum Gasteiger partial charge on any atom is 0.212 e. The smallest absolute Gasteiger partial charge is 0.212 e. The molecule has 6 heteroatoms. The van der Waals surface area contributed by atoms with Gasteiger partial charge in [0.05, 0.1) is 0 Å². The van der Waals surface area contributed by atoms with E-state index in [9.17, 15) is 0 Å². The van der Waals surface area contributed by atoms with Crippen LogP contribution >= 0.6 is 0 Å². The number of anilines is 6. The number of rotatable bonds is 6. The third-order valence-electron chi connectivity index (χ3n) is 6.92. The third-order valence-corrected chi connectivity index (χ3v) is 6.92. The van der Waals surface area contributed by atoms with Crippen molar-refractivity contribution < 1.29 is 4.58 Å². The highest BCUT2D eigenvalue weighted by Crippen LogP contribution is 2.37. The van der Waals surface area contributed by atoms with Crippen LogP contribution in [-0.4, -0.2) is 44.2 Å². The van der Waals surface area contributed by atoms with E-state index in [1.807, 2.05) is 52.5 Å². The molecule has 4 N–H and O–H groups in total. The zero-order valence-electron chi connectivity index (χ0n) is 23.5. The van der Waals surface area contributed by atoms with Crippen molar-refractivity contribution in [3.8, 4) is 0 Å². The molecule has 0 spiro atoms. The van der Waals surface area contributed by atoms with Crippen LogP contribution in [0.3, 0.4) is 0 Å². The topological polar surface area (TPSA) is 64.5 Å². The Kier molecular flexibility index (Phi) is 7.51. The Morgan fingerprint density at radius 1 is 0.475 bits per heavy atom. The molecule has 0 heterocycles. The Morgan fingerprint density at radius 3 is 1.27 bits per heavy atom. The standard InChI is InChI=1S/C34H35N6/c1-37(2)27-13-17-31(18-14-27)39(29-9-5-25(35)6-10-29)33-21-23-34(24-22-33)40(30-11-7-26(36)8-12-30)32-19-15-28(16-20-32)38(3)4/h5-24,35H,36H2,1-4H3/q+1/p+1. The van der Waals surface area contributed by atoms with Gasteiger partial charge in [-0.15, -0.1) is 0 Å². The highest BCUT2D eigenvalue weighted by molar-refractivity contribution is 6.18. The zero-order valence-corrected chi connectivity index (χ0v) is 23.5. The summed E-state index contributed by atoms with van der Waals surface area (Å²) in [5.41, 5.74) is 22.1. The van der Waals surface area contributed by atoms with Gasteiger partial charge in [-0.3, -0.25) is 0 Å².